The van der Waals surface area contributed by atoms with Crippen molar-refractivity contribution in [1.29, 1.82) is 0 Å². The lowest BCUT2D eigenvalue weighted by Crippen LogP contribution is -2.31. The fourth-order valence-corrected chi connectivity index (χ4v) is 3.68. The van der Waals surface area contributed by atoms with Crippen molar-refractivity contribution in [2.75, 3.05) is 11.9 Å². The van der Waals surface area contributed by atoms with E-state index in [1.807, 2.05) is 24.3 Å². The zero-order valence-electron chi connectivity index (χ0n) is 13.4. The van der Waals surface area contributed by atoms with Crippen molar-refractivity contribution in [3.63, 3.8) is 0 Å². The number of carbonyl (C=O) groups excluding carboxylic acids is 3. The van der Waals surface area contributed by atoms with Crippen LogP contribution in [0.3, 0.4) is 0 Å². The van der Waals surface area contributed by atoms with Crippen molar-refractivity contribution in [1.82, 2.24) is 10.3 Å². The van der Waals surface area contributed by atoms with Gasteiger partial charge in [-0.25, -0.2) is 9.78 Å². The zero-order chi connectivity index (χ0) is 18.5. The molecular formula is C17H13N3O4S2. The van der Waals surface area contributed by atoms with E-state index in [1.165, 1.54) is 34.8 Å². The summed E-state index contributed by atoms with van der Waals surface area (Å²) in [4.78, 5) is 40.3. The number of ether oxygens (including phenoxy) is 1. The Bertz CT molecular complexity index is 960. The largest absolute Gasteiger partial charge is 0.445 e. The molecule has 0 aliphatic carbocycles. The molecule has 26 heavy (non-hydrogen) atoms. The summed E-state index contributed by atoms with van der Waals surface area (Å²) in [7, 11) is 0. The lowest BCUT2D eigenvalue weighted by Gasteiger charge is -2.06. The van der Waals surface area contributed by atoms with Crippen molar-refractivity contribution >= 4 is 55.8 Å². The molecule has 0 fully saturated rings. The Morgan fingerprint density at radius 3 is 2.77 bits per heavy atom. The highest BCUT2D eigenvalue weighted by atomic mass is 32.1. The van der Waals surface area contributed by atoms with Gasteiger partial charge in [0, 0.05) is 0 Å². The number of amides is 3. The molecule has 7 nitrogen and oxygen atoms in total. The Kier molecular flexibility index (Phi) is 5.40. The molecule has 0 spiro atoms. The number of aromatic nitrogens is 1. The summed E-state index contributed by atoms with van der Waals surface area (Å²) in [5.74, 6) is -1.09. The molecule has 2 N–H and O–H groups in total. The molecule has 9 heteroatoms. The van der Waals surface area contributed by atoms with Crippen LogP contribution in [0, 0.1) is 0 Å². The number of alkyl carbamates (subject to hydrolysis) is 1. The number of rotatable bonds is 5. The van der Waals surface area contributed by atoms with E-state index in [9.17, 15) is 14.4 Å². The molecule has 2 heterocycles. The summed E-state index contributed by atoms with van der Waals surface area (Å²) < 4.78 is 5.60. The third kappa shape index (κ3) is 3.95. The van der Waals surface area contributed by atoms with Crippen LogP contribution in [0.5, 0.6) is 0 Å². The molecule has 132 valence electrons. The average molecular weight is 387 g/mol. The van der Waals surface area contributed by atoms with Crippen molar-refractivity contribution in [2.24, 2.45) is 0 Å². The van der Waals surface area contributed by atoms with E-state index < -0.39 is 17.9 Å². The minimum Gasteiger partial charge on any atom is -0.445 e. The van der Waals surface area contributed by atoms with Crippen LogP contribution in [0.2, 0.25) is 0 Å². The summed E-state index contributed by atoms with van der Waals surface area (Å²) in [6, 6.07) is 8.92. The number of benzene rings is 1. The van der Waals surface area contributed by atoms with Crippen LogP contribution in [-0.2, 0) is 4.74 Å². The van der Waals surface area contributed by atoms with E-state index in [4.69, 9.17) is 4.74 Å². The van der Waals surface area contributed by atoms with E-state index in [-0.39, 0.29) is 17.2 Å². The van der Waals surface area contributed by atoms with Crippen LogP contribution in [0.4, 0.5) is 9.80 Å². The van der Waals surface area contributed by atoms with E-state index in [0.717, 1.165) is 10.2 Å². The maximum atomic E-state index is 12.4. The first kappa shape index (κ1) is 17.8. The number of nitrogens with zero attached hydrogens (tertiary/aromatic N) is 1. The number of hydrogen-bond acceptors (Lipinski definition) is 7. The normalized spacial score (nSPS) is 10.3. The average Bonchev–Trinajstić information content (AvgIpc) is 3.26. The SMILES string of the molecule is C=CCOC(=O)NC(=O)c1ccsc1NC(=O)c1nc2ccccc2s1. The number of anilines is 1. The maximum absolute atomic E-state index is 12.4. The van der Waals surface area contributed by atoms with Crippen LogP contribution in [0.25, 0.3) is 10.2 Å². The first-order valence-corrected chi connectivity index (χ1v) is 9.11. The van der Waals surface area contributed by atoms with Gasteiger partial charge < -0.3 is 10.1 Å². The van der Waals surface area contributed by atoms with Gasteiger partial charge in [0.1, 0.15) is 11.6 Å². The van der Waals surface area contributed by atoms with Crippen LogP contribution < -0.4 is 10.6 Å². The molecular weight excluding hydrogens is 374 g/mol. The molecule has 2 aromatic heterocycles. The maximum Gasteiger partial charge on any atom is 0.414 e. The summed E-state index contributed by atoms with van der Waals surface area (Å²) in [6.07, 6.45) is 0.503. The fraction of sp³-hybridized carbons (Fsp3) is 0.0588. The summed E-state index contributed by atoms with van der Waals surface area (Å²) in [6.45, 7) is 3.40. The predicted molar refractivity (Wildman–Crippen MR) is 101 cm³/mol. The number of imide groups is 1. The smallest absolute Gasteiger partial charge is 0.414 e. The molecule has 0 aliphatic rings. The summed E-state index contributed by atoms with van der Waals surface area (Å²) >= 11 is 2.43. The van der Waals surface area contributed by atoms with E-state index in [2.05, 4.69) is 22.2 Å². The third-order valence-electron chi connectivity index (χ3n) is 3.17. The Hall–Kier alpha value is -3.04. The van der Waals surface area contributed by atoms with Gasteiger partial charge in [0.05, 0.1) is 15.8 Å². The number of nitrogens with one attached hydrogen (secondary N) is 2. The minimum atomic E-state index is -0.885. The molecule has 1 aromatic carbocycles. The Labute approximate surface area is 156 Å². The molecule has 3 amide bonds. The highest BCUT2D eigenvalue weighted by molar-refractivity contribution is 7.20. The zero-order valence-corrected chi connectivity index (χ0v) is 15.0. The van der Waals surface area contributed by atoms with Crippen LogP contribution in [0.1, 0.15) is 20.2 Å². The standard InChI is InChI=1S/C17H13N3O4S2/c1-2-8-24-17(23)20-13(21)10-7-9-25-15(10)19-14(22)16-18-11-5-3-4-6-12(11)26-16/h2-7,9H,1,8H2,(H,19,22)(H,20,21,23). The first-order valence-electron chi connectivity index (χ1n) is 7.42. The van der Waals surface area contributed by atoms with Crippen LogP contribution in [0.15, 0.2) is 48.4 Å². The highest BCUT2D eigenvalue weighted by Crippen LogP contribution is 2.26. The number of fused-ring (bicyclic) bond motifs is 1. The molecule has 0 radical (unpaired) electrons. The second-order valence-corrected chi connectivity index (χ2v) is 6.89. The van der Waals surface area contributed by atoms with Gasteiger partial charge >= 0.3 is 6.09 Å². The van der Waals surface area contributed by atoms with E-state index in [1.54, 1.807) is 5.38 Å². The number of para-hydroxylation sites is 1. The second kappa shape index (κ2) is 7.89. The predicted octanol–water partition coefficient (Wildman–Crippen LogP) is 3.66. The Balaban J connectivity index is 1.71. The van der Waals surface area contributed by atoms with Gasteiger partial charge in [-0.3, -0.25) is 14.9 Å². The molecule has 0 atom stereocenters. The second-order valence-electron chi connectivity index (χ2n) is 4.95. The molecule has 0 bridgehead atoms. The molecule has 0 unspecified atom stereocenters. The van der Waals surface area contributed by atoms with Crippen LogP contribution in [-0.4, -0.2) is 29.5 Å². The van der Waals surface area contributed by atoms with Gasteiger partial charge in [0.25, 0.3) is 11.8 Å². The van der Waals surface area contributed by atoms with E-state index in [0.29, 0.717) is 5.00 Å². The van der Waals surface area contributed by atoms with Gasteiger partial charge in [0.2, 0.25) is 0 Å². The van der Waals surface area contributed by atoms with Crippen molar-refractivity contribution in [3.8, 4) is 0 Å². The quantitative estimate of drug-likeness (QED) is 0.651. The molecule has 3 rings (SSSR count). The molecule has 0 aliphatic heterocycles. The minimum absolute atomic E-state index is 0.00997. The summed E-state index contributed by atoms with van der Waals surface area (Å²) in [5.41, 5.74) is 0.900. The number of thiophene rings is 1. The van der Waals surface area contributed by atoms with Crippen molar-refractivity contribution < 1.29 is 19.1 Å². The number of carbonyl (C=O) groups is 3. The Morgan fingerprint density at radius 2 is 2.00 bits per heavy atom. The van der Waals surface area contributed by atoms with Gasteiger partial charge in [-0.1, -0.05) is 24.8 Å². The molecule has 0 saturated carbocycles. The number of thiazole rings is 1. The first-order chi connectivity index (χ1) is 12.6. The third-order valence-corrected chi connectivity index (χ3v) is 5.04. The molecule has 0 saturated heterocycles. The fourth-order valence-electron chi connectivity index (χ4n) is 2.04. The van der Waals surface area contributed by atoms with Gasteiger partial charge in [-0.15, -0.1) is 22.7 Å². The summed E-state index contributed by atoms with van der Waals surface area (Å²) in [5, 5.41) is 7.00. The van der Waals surface area contributed by atoms with Crippen LogP contribution >= 0.6 is 22.7 Å². The van der Waals surface area contributed by atoms with Gasteiger partial charge in [0.15, 0.2) is 5.01 Å². The topological polar surface area (TPSA) is 97.4 Å². The van der Waals surface area contributed by atoms with Crippen molar-refractivity contribution in [2.45, 2.75) is 0 Å². The lowest BCUT2D eigenvalue weighted by atomic mass is 10.3. The van der Waals surface area contributed by atoms with Crippen molar-refractivity contribution in [3.05, 3.63) is 58.9 Å². The van der Waals surface area contributed by atoms with Gasteiger partial charge in [-0.2, -0.15) is 0 Å². The highest BCUT2D eigenvalue weighted by Gasteiger charge is 2.19. The molecule has 3 aromatic rings. The van der Waals surface area contributed by atoms with Gasteiger partial charge in [-0.05, 0) is 23.6 Å². The number of hydrogen-bond donors (Lipinski definition) is 2. The Morgan fingerprint density at radius 1 is 1.19 bits per heavy atom. The monoisotopic (exact) mass is 387 g/mol. The lowest BCUT2D eigenvalue weighted by molar-refractivity contribution is 0.0930. The van der Waals surface area contributed by atoms with E-state index >= 15 is 0 Å².